The van der Waals surface area contributed by atoms with Crippen molar-refractivity contribution in [1.82, 2.24) is 25.4 Å². The summed E-state index contributed by atoms with van der Waals surface area (Å²) in [6.07, 6.45) is 4.49. The zero-order valence-electron chi connectivity index (χ0n) is 14.5. The Morgan fingerprint density at radius 2 is 1.92 bits per heavy atom. The summed E-state index contributed by atoms with van der Waals surface area (Å²) < 4.78 is 2.23. The van der Waals surface area contributed by atoms with Crippen LogP contribution in [0.5, 0.6) is 0 Å². The minimum Gasteiger partial charge on any atom is -0.352 e. The van der Waals surface area contributed by atoms with Gasteiger partial charge in [-0.1, -0.05) is 31.2 Å². The van der Waals surface area contributed by atoms with E-state index in [0.717, 1.165) is 43.5 Å². The highest BCUT2D eigenvalue weighted by Gasteiger charge is 2.15. The minimum absolute atomic E-state index is 0.641. The first-order valence-corrected chi connectivity index (χ1v) is 8.74. The van der Waals surface area contributed by atoms with Crippen LogP contribution in [0.2, 0.25) is 0 Å². The quantitative estimate of drug-likeness (QED) is 0.652. The molecule has 2 N–H and O–H groups in total. The van der Waals surface area contributed by atoms with Crippen LogP contribution in [0.4, 0.5) is 0 Å². The smallest absolute Gasteiger partial charge is 0.191 e. The largest absolute Gasteiger partial charge is 0.352 e. The molecule has 0 saturated carbocycles. The second-order valence-electron chi connectivity index (χ2n) is 6.04. The molecule has 1 aliphatic heterocycles. The van der Waals surface area contributed by atoms with Crippen LogP contribution in [-0.2, 0) is 32.5 Å². The van der Waals surface area contributed by atoms with Crippen LogP contribution in [0.15, 0.2) is 29.3 Å². The van der Waals surface area contributed by atoms with E-state index in [4.69, 9.17) is 0 Å². The average Bonchev–Trinajstić information content (AvgIpc) is 3.05. The van der Waals surface area contributed by atoms with Crippen LogP contribution in [-0.4, -0.2) is 27.8 Å². The van der Waals surface area contributed by atoms with Crippen LogP contribution in [0.1, 0.15) is 42.5 Å². The summed E-state index contributed by atoms with van der Waals surface area (Å²) in [5, 5.41) is 15.3. The lowest BCUT2D eigenvalue weighted by Gasteiger charge is -2.16. The fraction of sp³-hybridized carbons (Fsp3) is 0.500. The zero-order chi connectivity index (χ0) is 16.8. The Labute approximate surface area is 143 Å². The van der Waals surface area contributed by atoms with Gasteiger partial charge in [-0.3, -0.25) is 4.99 Å². The van der Waals surface area contributed by atoms with Gasteiger partial charge in [-0.15, -0.1) is 10.2 Å². The Balaban J connectivity index is 1.57. The van der Waals surface area contributed by atoms with E-state index in [-0.39, 0.29) is 0 Å². The fourth-order valence-electron chi connectivity index (χ4n) is 3.14. The molecule has 1 aromatic heterocycles. The Hall–Kier alpha value is -2.37. The van der Waals surface area contributed by atoms with Crippen molar-refractivity contribution in [2.24, 2.45) is 4.99 Å². The number of nitrogens with one attached hydrogen (secondary N) is 2. The molecule has 3 rings (SSSR count). The molecule has 2 aromatic rings. The van der Waals surface area contributed by atoms with Gasteiger partial charge in [0.2, 0.25) is 0 Å². The Bertz CT molecular complexity index is 703. The third-order valence-electron chi connectivity index (χ3n) is 4.52. The maximum absolute atomic E-state index is 4.32. The highest BCUT2D eigenvalue weighted by Crippen LogP contribution is 2.14. The molecule has 24 heavy (non-hydrogen) atoms. The number of nitrogens with zero attached hydrogens (tertiary/aromatic N) is 4. The maximum atomic E-state index is 4.32. The van der Waals surface area contributed by atoms with Gasteiger partial charge < -0.3 is 15.2 Å². The van der Waals surface area contributed by atoms with E-state index in [0.29, 0.717) is 6.54 Å². The molecule has 128 valence electrons. The van der Waals surface area contributed by atoms with Crippen molar-refractivity contribution in [3.8, 4) is 0 Å². The van der Waals surface area contributed by atoms with Crippen molar-refractivity contribution in [3.63, 3.8) is 0 Å². The molecule has 0 amide bonds. The average molecular weight is 326 g/mol. The molecule has 0 atom stereocenters. The van der Waals surface area contributed by atoms with E-state index >= 15 is 0 Å². The van der Waals surface area contributed by atoms with Gasteiger partial charge in [0.05, 0.1) is 6.54 Å². The summed E-state index contributed by atoms with van der Waals surface area (Å²) in [6.45, 7) is 4.61. The standard InChI is InChI=1S/C18H26N6/c1-3-14-8-4-5-9-15(14)12-20-18(19-2)21-13-17-23-22-16-10-6-7-11-24(16)17/h4-5,8-9H,3,6-7,10-13H2,1-2H3,(H2,19,20,21). The van der Waals surface area contributed by atoms with Crippen molar-refractivity contribution >= 4 is 5.96 Å². The van der Waals surface area contributed by atoms with Crippen molar-refractivity contribution in [1.29, 1.82) is 0 Å². The van der Waals surface area contributed by atoms with Gasteiger partial charge in [-0.2, -0.15) is 0 Å². The normalized spacial score (nSPS) is 14.3. The second kappa shape index (κ2) is 7.95. The predicted octanol–water partition coefficient (Wildman–Crippen LogP) is 2.04. The molecule has 0 bridgehead atoms. The first-order chi connectivity index (χ1) is 11.8. The molecule has 0 saturated heterocycles. The van der Waals surface area contributed by atoms with E-state index in [9.17, 15) is 0 Å². The summed E-state index contributed by atoms with van der Waals surface area (Å²) in [7, 11) is 1.79. The number of guanidine groups is 1. The summed E-state index contributed by atoms with van der Waals surface area (Å²) in [5.41, 5.74) is 2.68. The number of hydrogen-bond donors (Lipinski definition) is 2. The van der Waals surface area contributed by atoms with Gasteiger partial charge in [-0.25, -0.2) is 0 Å². The van der Waals surface area contributed by atoms with Crippen molar-refractivity contribution in [2.75, 3.05) is 7.05 Å². The van der Waals surface area contributed by atoms with Gasteiger partial charge in [0.1, 0.15) is 5.82 Å². The van der Waals surface area contributed by atoms with Crippen LogP contribution >= 0.6 is 0 Å². The molecule has 0 spiro atoms. The molecule has 6 nitrogen and oxygen atoms in total. The van der Waals surface area contributed by atoms with Gasteiger partial charge >= 0.3 is 0 Å². The van der Waals surface area contributed by atoms with Gasteiger partial charge in [0, 0.05) is 26.6 Å². The Morgan fingerprint density at radius 3 is 2.71 bits per heavy atom. The number of benzene rings is 1. The fourth-order valence-corrected chi connectivity index (χ4v) is 3.14. The first-order valence-electron chi connectivity index (χ1n) is 8.74. The molecule has 2 heterocycles. The summed E-state index contributed by atoms with van der Waals surface area (Å²) in [4.78, 5) is 4.31. The van der Waals surface area contributed by atoms with Crippen LogP contribution in [0.3, 0.4) is 0 Å². The molecule has 0 radical (unpaired) electrons. The lowest BCUT2D eigenvalue weighted by molar-refractivity contribution is 0.504. The molecule has 0 aliphatic carbocycles. The molecule has 0 unspecified atom stereocenters. The Morgan fingerprint density at radius 1 is 1.12 bits per heavy atom. The maximum Gasteiger partial charge on any atom is 0.191 e. The lowest BCUT2D eigenvalue weighted by atomic mass is 10.1. The molecular weight excluding hydrogens is 300 g/mol. The number of aliphatic imine (C=N–C) groups is 1. The third-order valence-corrected chi connectivity index (χ3v) is 4.52. The van der Waals surface area contributed by atoms with Crippen molar-refractivity contribution < 1.29 is 0 Å². The van der Waals surface area contributed by atoms with Crippen LogP contribution in [0.25, 0.3) is 0 Å². The molecule has 0 fully saturated rings. The summed E-state index contributed by atoms with van der Waals surface area (Å²) >= 11 is 0. The second-order valence-corrected chi connectivity index (χ2v) is 6.04. The first kappa shape index (κ1) is 16.5. The molecule has 1 aliphatic rings. The summed E-state index contributed by atoms with van der Waals surface area (Å²) in [6, 6.07) is 8.50. The SMILES string of the molecule is CCc1ccccc1CNC(=NC)NCc1nnc2n1CCCC2. The number of fused-ring (bicyclic) bond motifs is 1. The lowest BCUT2D eigenvalue weighted by Crippen LogP contribution is -2.37. The third kappa shape index (κ3) is 3.75. The number of aromatic nitrogens is 3. The number of rotatable bonds is 5. The highest BCUT2D eigenvalue weighted by atomic mass is 15.3. The number of aryl methyl sites for hydroxylation is 2. The summed E-state index contributed by atoms with van der Waals surface area (Å²) in [5.74, 6) is 2.88. The monoisotopic (exact) mass is 326 g/mol. The topological polar surface area (TPSA) is 67.1 Å². The molecular formula is C18H26N6. The van der Waals surface area contributed by atoms with E-state index in [1.54, 1.807) is 7.05 Å². The van der Waals surface area contributed by atoms with E-state index < -0.39 is 0 Å². The van der Waals surface area contributed by atoms with Gasteiger partial charge in [0.15, 0.2) is 11.8 Å². The molecule has 6 heteroatoms. The zero-order valence-corrected chi connectivity index (χ0v) is 14.5. The van der Waals surface area contributed by atoms with E-state index in [2.05, 4.69) is 61.6 Å². The van der Waals surface area contributed by atoms with Crippen LogP contribution < -0.4 is 10.6 Å². The van der Waals surface area contributed by atoms with Crippen LogP contribution in [0, 0.1) is 0 Å². The molecule has 1 aromatic carbocycles. The predicted molar refractivity (Wildman–Crippen MR) is 95.8 cm³/mol. The van der Waals surface area contributed by atoms with Gasteiger partial charge in [-0.05, 0) is 30.4 Å². The highest BCUT2D eigenvalue weighted by molar-refractivity contribution is 5.79. The minimum atomic E-state index is 0.641. The Kier molecular flexibility index (Phi) is 5.46. The van der Waals surface area contributed by atoms with E-state index in [1.807, 2.05) is 0 Å². The number of hydrogen-bond acceptors (Lipinski definition) is 3. The van der Waals surface area contributed by atoms with Crippen molar-refractivity contribution in [2.45, 2.75) is 52.2 Å². The van der Waals surface area contributed by atoms with Crippen molar-refractivity contribution in [3.05, 3.63) is 47.0 Å². The van der Waals surface area contributed by atoms with E-state index in [1.165, 1.54) is 24.0 Å². The van der Waals surface area contributed by atoms with Gasteiger partial charge in [0.25, 0.3) is 0 Å².